The van der Waals surface area contributed by atoms with Crippen LogP contribution < -0.4 is 0 Å². The minimum atomic E-state index is -3.15. The second kappa shape index (κ2) is 2.69. The molecule has 1 heterocycles. The molecular formula is C8H13NO3S. The third-order valence-corrected chi connectivity index (χ3v) is 4.47. The molecule has 0 aromatic rings. The van der Waals surface area contributed by atoms with Crippen LogP contribution in [0.5, 0.6) is 0 Å². The van der Waals surface area contributed by atoms with Crippen molar-refractivity contribution in [1.29, 1.82) is 5.26 Å². The van der Waals surface area contributed by atoms with Gasteiger partial charge in [-0.15, -0.1) is 0 Å². The van der Waals surface area contributed by atoms with Crippen molar-refractivity contribution in [2.45, 2.75) is 25.9 Å². The Hall–Kier alpha value is -0.600. The van der Waals surface area contributed by atoms with Crippen molar-refractivity contribution in [3.63, 3.8) is 0 Å². The van der Waals surface area contributed by atoms with Crippen LogP contribution in [0.15, 0.2) is 0 Å². The summed E-state index contributed by atoms with van der Waals surface area (Å²) in [6, 6.07) is 1.95. The Bertz CT molecular complexity index is 352. The van der Waals surface area contributed by atoms with Gasteiger partial charge in [0.05, 0.1) is 28.6 Å². The summed E-state index contributed by atoms with van der Waals surface area (Å²) < 4.78 is 22.3. The maximum atomic E-state index is 11.1. The van der Waals surface area contributed by atoms with Crippen LogP contribution in [-0.4, -0.2) is 30.6 Å². The first-order valence-corrected chi connectivity index (χ1v) is 5.89. The van der Waals surface area contributed by atoms with Gasteiger partial charge in [0.2, 0.25) is 0 Å². The van der Waals surface area contributed by atoms with Crippen LogP contribution >= 0.6 is 0 Å². The van der Waals surface area contributed by atoms with E-state index in [2.05, 4.69) is 0 Å². The summed E-state index contributed by atoms with van der Waals surface area (Å²) in [5, 5.41) is 18.7. The van der Waals surface area contributed by atoms with Crippen molar-refractivity contribution >= 4 is 9.84 Å². The molecule has 0 bridgehead atoms. The van der Waals surface area contributed by atoms with Crippen LogP contribution in [0, 0.1) is 16.7 Å². The average Bonchev–Trinajstić information content (AvgIpc) is 2.27. The second-order valence-electron chi connectivity index (χ2n) is 4.11. The van der Waals surface area contributed by atoms with E-state index >= 15 is 0 Å². The first kappa shape index (κ1) is 10.5. The molecule has 0 amide bonds. The molecule has 0 saturated carbocycles. The highest BCUT2D eigenvalue weighted by Crippen LogP contribution is 2.38. The Morgan fingerprint density at radius 3 is 2.38 bits per heavy atom. The van der Waals surface area contributed by atoms with Crippen molar-refractivity contribution in [2.24, 2.45) is 5.41 Å². The number of nitrogens with zero attached hydrogens (tertiary/aromatic N) is 1. The summed E-state index contributed by atoms with van der Waals surface area (Å²) >= 11 is 0. The normalized spacial score (nSPS) is 32.8. The van der Waals surface area contributed by atoms with Gasteiger partial charge >= 0.3 is 0 Å². The SMILES string of the molecule is CC(C)(C#N)C1(O)CCS(=O)(=O)C1. The van der Waals surface area contributed by atoms with Crippen LogP contribution in [0.25, 0.3) is 0 Å². The molecule has 1 N–H and O–H groups in total. The van der Waals surface area contributed by atoms with E-state index in [1.165, 1.54) is 0 Å². The molecule has 0 aromatic carbocycles. The van der Waals surface area contributed by atoms with Gasteiger partial charge in [-0.1, -0.05) is 0 Å². The molecule has 1 unspecified atom stereocenters. The number of rotatable bonds is 1. The minimum absolute atomic E-state index is 0.0192. The predicted molar refractivity (Wildman–Crippen MR) is 47.6 cm³/mol. The highest BCUT2D eigenvalue weighted by molar-refractivity contribution is 7.91. The molecule has 5 heteroatoms. The van der Waals surface area contributed by atoms with E-state index in [0.717, 1.165) is 0 Å². The molecule has 0 aromatic heterocycles. The van der Waals surface area contributed by atoms with Crippen LogP contribution in [0.4, 0.5) is 0 Å². The summed E-state index contributed by atoms with van der Waals surface area (Å²) in [5.41, 5.74) is -2.38. The van der Waals surface area contributed by atoms with Crippen LogP contribution in [0.2, 0.25) is 0 Å². The van der Waals surface area contributed by atoms with E-state index in [4.69, 9.17) is 5.26 Å². The highest BCUT2D eigenvalue weighted by atomic mass is 32.2. The van der Waals surface area contributed by atoms with Crippen molar-refractivity contribution in [2.75, 3.05) is 11.5 Å². The van der Waals surface area contributed by atoms with Gasteiger partial charge in [-0.3, -0.25) is 0 Å². The summed E-state index contributed by atoms with van der Waals surface area (Å²) in [6.07, 6.45) is 0.163. The van der Waals surface area contributed by atoms with Crippen LogP contribution in [0.1, 0.15) is 20.3 Å². The molecule has 1 fully saturated rings. The molecule has 0 spiro atoms. The molecule has 1 aliphatic heterocycles. The summed E-state index contributed by atoms with van der Waals surface area (Å²) in [6.45, 7) is 3.13. The summed E-state index contributed by atoms with van der Waals surface area (Å²) in [7, 11) is -3.15. The second-order valence-corrected chi connectivity index (χ2v) is 6.29. The van der Waals surface area contributed by atoms with Gasteiger partial charge in [0.25, 0.3) is 0 Å². The fourth-order valence-electron chi connectivity index (χ4n) is 1.43. The van der Waals surface area contributed by atoms with E-state index in [1.54, 1.807) is 13.8 Å². The topological polar surface area (TPSA) is 78.2 Å². The Kier molecular flexibility index (Phi) is 2.17. The van der Waals surface area contributed by atoms with Gasteiger partial charge in [-0.25, -0.2) is 8.42 Å². The molecule has 4 nitrogen and oxygen atoms in total. The molecule has 0 aliphatic carbocycles. The highest BCUT2D eigenvalue weighted by Gasteiger charge is 2.51. The summed E-state index contributed by atoms with van der Waals surface area (Å²) in [4.78, 5) is 0. The lowest BCUT2D eigenvalue weighted by molar-refractivity contribution is -0.0140. The first-order valence-electron chi connectivity index (χ1n) is 4.07. The van der Waals surface area contributed by atoms with Crippen molar-refractivity contribution < 1.29 is 13.5 Å². The number of hydrogen-bond acceptors (Lipinski definition) is 4. The lowest BCUT2D eigenvalue weighted by Crippen LogP contribution is -2.44. The molecule has 1 saturated heterocycles. The number of nitriles is 1. The van der Waals surface area contributed by atoms with E-state index in [0.29, 0.717) is 0 Å². The standard InChI is InChI=1S/C8H13NO3S/c1-7(2,5-9)8(10)3-4-13(11,12)6-8/h10H,3-4,6H2,1-2H3. The monoisotopic (exact) mass is 203 g/mol. The molecule has 0 radical (unpaired) electrons. The zero-order valence-corrected chi connectivity index (χ0v) is 8.56. The number of hydrogen-bond donors (Lipinski definition) is 1. The van der Waals surface area contributed by atoms with Gasteiger partial charge < -0.3 is 5.11 Å². The lowest BCUT2D eigenvalue weighted by atomic mass is 9.76. The predicted octanol–water partition coefficient (Wildman–Crippen LogP) is 0.0858. The Morgan fingerprint density at radius 1 is 1.54 bits per heavy atom. The number of aliphatic hydroxyl groups is 1. The van der Waals surface area contributed by atoms with E-state index < -0.39 is 20.9 Å². The molecule has 74 valence electrons. The molecule has 1 rings (SSSR count). The molecule has 1 atom stereocenters. The largest absolute Gasteiger partial charge is 0.387 e. The van der Waals surface area contributed by atoms with Gasteiger partial charge in [0.1, 0.15) is 0 Å². The van der Waals surface area contributed by atoms with Gasteiger partial charge in [0.15, 0.2) is 9.84 Å². The fraction of sp³-hybridized carbons (Fsp3) is 0.875. The van der Waals surface area contributed by atoms with Crippen LogP contribution in [-0.2, 0) is 9.84 Å². The fourth-order valence-corrected chi connectivity index (χ4v) is 3.46. The first-order chi connectivity index (χ1) is 5.72. The molecular weight excluding hydrogens is 190 g/mol. The zero-order chi connectivity index (χ0) is 10.3. The minimum Gasteiger partial charge on any atom is -0.387 e. The Balaban J connectivity index is 3.02. The van der Waals surface area contributed by atoms with E-state index in [9.17, 15) is 13.5 Å². The third-order valence-electron chi connectivity index (χ3n) is 2.73. The quantitative estimate of drug-likeness (QED) is 0.655. The summed E-state index contributed by atoms with van der Waals surface area (Å²) in [5.74, 6) is -0.310. The van der Waals surface area contributed by atoms with Crippen molar-refractivity contribution in [1.82, 2.24) is 0 Å². The lowest BCUT2D eigenvalue weighted by Gasteiger charge is -2.32. The smallest absolute Gasteiger partial charge is 0.153 e. The Labute approximate surface area is 78.1 Å². The van der Waals surface area contributed by atoms with Gasteiger partial charge in [-0.2, -0.15) is 5.26 Å². The number of sulfone groups is 1. The average molecular weight is 203 g/mol. The van der Waals surface area contributed by atoms with Gasteiger partial charge in [0, 0.05) is 0 Å². The zero-order valence-electron chi connectivity index (χ0n) is 7.74. The van der Waals surface area contributed by atoms with Gasteiger partial charge in [-0.05, 0) is 20.3 Å². The van der Waals surface area contributed by atoms with Crippen molar-refractivity contribution in [3.8, 4) is 6.07 Å². The molecule has 1 aliphatic rings. The van der Waals surface area contributed by atoms with E-state index in [1.807, 2.05) is 6.07 Å². The Morgan fingerprint density at radius 2 is 2.08 bits per heavy atom. The third kappa shape index (κ3) is 1.69. The molecule has 13 heavy (non-hydrogen) atoms. The maximum Gasteiger partial charge on any atom is 0.153 e. The van der Waals surface area contributed by atoms with E-state index in [-0.39, 0.29) is 17.9 Å². The maximum absolute atomic E-state index is 11.1. The van der Waals surface area contributed by atoms with Crippen LogP contribution in [0.3, 0.4) is 0 Å². The van der Waals surface area contributed by atoms with Crippen molar-refractivity contribution in [3.05, 3.63) is 0 Å².